The van der Waals surface area contributed by atoms with Crippen molar-refractivity contribution in [1.29, 1.82) is 0 Å². The molecule has 1 saturated heterocycles. The van der Waals surface area contributed by atoms with E-state index in [-0.39, 0.29) is 0 Å². The van der Waals surface area contributed by atoms with Crippen molar-refractivity contribution >= 4 is 22.6 Å². The van der Waals surface area contributed by atoms with Gasteiger partial charge in [0.2, 0.25) is 0 Å². The number of hydrogen-bond donors (Lipinski definition) is 0. The molecule has 0 unspecified atom stereocenters. The molecule has 4 aromatic heterocycles. The van der Waals surface area contributed by atoms with Crippen LogP contribution in [0.1, 0.15) is 17.2 Å². The quantitative estimate of drug-likeness (QED) is 0.533. The number of rotatable bonds is 3. The molecule has 148 valence electrons. The van der Waals surface area contributed by atoms with Crippen molar-refractivity contribution in [1.82, 2.24) is 24.7 Å². The molecule has 0 radical (unpaired) electrons. The summed E-state index contributed by atoms with van der Waals surface area (Å²) in [5.41, 5.74) is 2.92. The Kier molecular flexibility index (Phi) is 4.19. The van der Waals surface area contributed by atoms with Crippen LogP contribution in [0.3, 0.4) is 0 Å². The average Bonchev–Trinajstić information content (AvgIpc) is 3.33. The van der Waals surface area contributed by atoms with Gasteiger partial charge in [0.1, 0.15) is 23.0 Å². The summed E-state index contributed by atoms with van der Waals surface area (Å²) >= 11 is 0. The second-order valence-electron chi connectivity index (χ2n) is 7.41. The van der Waals surface area contributed by atoms with Crippen LogP contribution < -0.4 is 9.80 Å². The molecule has 0 atom stereocenters. The molecule has 1 fully saturated rings. The highest BCUT2D eigenvalue weighted by molar-refractivity contribution is 5.88. The molecule has 0 aromatic carbocycles. The third-order valence-corrected chi connectivity index (χ3v) is 5.30. The van der Waals surface area contributed by atoms with Crippen LogP contribution in [-0.4, -0.2) is 50.9 Å². The minimum Gasteiger partial charge on any atom is -0.464 e. The van der Waals surface area contributed by atoms with E-state index in [9.17, 15) is 0 Å². The maximum absolute atomic E-state index is 5.52. The SMILES string of the molecule is Cc1cc(C)n(-c2cc(N3CCN(c4nccc5occc45)CC3)nc(C)n2)n1. The van der Waals surface area contributed by atoms with E-state index >= 15 is 0 Å². The second kappa shape index (κ2) is 6.88. The van der Waals surface area contributed by atoms with Crippen molar-refractivity contribution in [2.45, 2.75) is 20.8 Å². The lowest BCUT2D eigenvalue weighted by molar-refractivity contribution is 0.614. The van der Waals surface area contributed by atoms with Crippen molar-refractivity contribution in [3.8, 4) is 5.82 Å². The van der Waals surface area contributed by atoms with Crippen LogP contribution >= 0.6 is 0 Å². The van der Waals surface area contributed by atoms with Gasteiger partial charge in [0.15, 0.2) is 5.82 Å². The number of piperazine rings is 1. The minimum absolute atomic E-state index is 0.748. The summed E-state index contributed by atoms with van der Waals surface area (Å²) in [5.74, 6) is 3.48. The molecular weight excluding hydrogens is 366 g/mol. The Morgan fingerprint density at radius 3 is 2.41 bits per heavy atom. The Bertz CT molecular complexity index is 1170. The number of anilines is 2. The summed E-state index contributed by atoms with van der Waals surface area (Å²) in [6.45, 7) is 9.43. The van der Waals surface area contributed by atoms with Gasteiger partial charge in [0.05, 0.1) is 17.3 Å². The van der Waals surface area contributed by atoms with Gasteiger partial charge in [-0.25, -0.2) is 19.6 Å². The Labute approximate surface area is 168 Å². The highest BCUT2D eigenvalue weighted by Gasteiger charge is 2.22. The lowest BCUT2D eigenvalue weighted by Crippen LogP contribution is -2.47. The molecule has 0 N–H and O–H groups in total. The number of nitrogens with zero attached hydrogens (tertiary/aromatic N) is 7. The number of furan rings is 1. The average molecular weight is 389 g/mol. The Balaban J connectivity index is 1.38. The molecule has 8 nitrogen and oxygen atoms in total. The summed E-state index contributed by atoms with van der Waals surface area (Å²) < 4.78 is 7.40. The standard InChI is InChI=1S/C21H23N7O/c1-14-12-15(2)28(25-14)20-13-19(23-16(3)24-20)26-7-9-27(10-8-26)21-17-5-11-29-18(17)4-6-22-21/h4-6,11-13H,7-10H2,1-3H3. The number of pyridine rings is 1. The van der Waals surface area contributed by atoms with Gasteiger partial charge in [-0.05, 0) is 39.0 Å². The molecule has 8 heteroatoms. The molecule has 0 saturated carbocycles. The van der Waals surface area contributed by atoms with Gasteiger partial charge in [-0.2, -0.15) is 5.10 Å². The molecule has 0 aliphatic carbocycles. The van der Waals surface area contributed by atoms with E-state index in [1.807, 2.05) is 49.8 Å². The fraction of sp³-hybridized carbons (Fsp3) is 0.333. The molecule has 29 heavy (non-hydrogen) atoms. The van der Waals surface area contributed by atoms with Gasteiger partial charge < -0.3 is 14.2 Å². The lowest BCUT2D eigenvalue weighted by Gasteiger charge is -2.36. The first kappa shape index (κ1) is 17.7. The van der Waals surface area contributed by atoms with E-state index in [4.69, 9.17) is 4.42 Å². The fourth-order valence-electron chi connectivity index (χ4n) is 3.95. The van der Waals surface area contributed by atoms with E-state index in [0.29, 0.717) is 0 Å². The van der Waals surface area contributed by atoms with E-state index < -0.39 is 0 Å². The summed E-state index contributed by atoms with van der Waals surface area (Å²) in [6, 6.07) is 7.97. The third-order valence-electron chi connectivity index (χ3n) is 5.30. The monoisotopic (exact) mass is 389 g/mol. The van der Waals surface area contributed by atoms with Crippen LogP contribution in [0.5, 0.6) is 0 Å². The van der Waals surface area contributed by atoms with Crippen LogP contribution in [0.4, 0.5) is 11.6 Å². The van der Waals surface area contributed by atoms with Crippen LogP contribution in [0.15, 0.2) is 41.1 Å². The predicted molar refractivity (Wildman–Crippen MR) is 112 cm³/mol. The molecule has 0 amide bonds. The van der Waals surface area contributed by atoms with Gasteiger partial charge in [-0.3, -0.25) is 0 Å². The Morgan fingerprint density at radius 1 is 0.897 bits per heavy atom. The fourth-order valence-corrected chi connectivity index (χ4v) is 3.95. The van der Waals surface area contributed by atoms with Crippen molar-refractivity contribution in [2.24, 2.45) is 0 Å². The van der Waals surface area contributed by atoms with Gasteiger partial charge in [0.25, 0.3) is 0 Å². The van der Waals surface area contributed by atoms with Crippen LogP contribution in [-0.2, 0) is 0 Å². The smallest absolute Gasteiger partial charge is 0.159 e. The minimum atomic E-state index is 0.748. The summed E-state index contributed by atoms with van der Waals surface area (Å²) in [4.78, 5) is 18.5. The normalized spacial score (nSPS) is 14.7. The Hall–Kier alpha value is -3.42. The predicted octanol–water partition coefficient (Wildman–Crippen LogP) is 3.06. The van der Waals surface area contributed by atoms with E-state index in [2.05, 4.69) is 35.9 Å². The van der Waals surface area contributed by atoms with Crippen LogP contribution in [0.2, 0.25) is 0 Å². The molecule has 0 bridgehead atoms. The topological polar surface area (TPSA) is 76.1 Å². The van der Waals surface area contributed by atoms with E-state index in [1.54, 1.807) is 6.26 Å². The molecular formula is C21H23N7O. The van der Waals surface area contributed by atoms with Crippen molar-refractivity contribution in [3.63, 3.8) is 0 Å². The van der Waals surface area contributed by atoms with Gasteiger partial charge in [-0.15, -0.1) is 0 Å². The van der Waals surface area contributed by atoms with Crippen molar-refractivity contribution < 1.29 is 4.42 Å². The van der Waals surface area contributed by atoms with E-state index in [1.165, 1.54) is 0 Å². The molecule has 0 spiro atoms. The third kappa shape index (κ3) is 3.20. The largest absolute Gasteiger partial charge is 0.464 e. The highest BCUT2D eigenvalue weighted by Crippen LogP contribution is 2.27. The number of aryl methyl sites for hydroxylation is 3. The van der Waals surface area contributed by atoms with Gasteiger partial charge in [-0.1, -0.05) is 0 Å². The number of aromatic nitrogens is 5. The zero-order chi connectivity index (χ0) is 20.0. The second-order valence-corrected chi connectivity index (χ2v) is 7.41. The first-order valence-corrected chi connectivity index (χ1v) is 9.80. The highest BCUT2D eigenvalue weighted by atomic mass is 16.3. The molecule has 5 heterocycles. The van der Waals surface area contributed by atoms with Gasteiger partial charge >= 0.3 is 0 Å². The van der Waals surface area contributed by atoms with Crippen molar-refractivity contribution in [2.75, 3.05) is 36.0 Å². The first-order chi connectivity index (χ1) is 14.1. The maximum Gasteiger partial charge on any atom is 0.159 e. The molecule has 1 aliphatic rings. The number of fused-ring (bicyclic) bond motifs is 1. The Morgan fingerprint density at radius 2 is 1.66 bits per heavy atom. The molecule has 4 aromatic rings. The molecule has 5 rings (SSSR count). The summed E-state index contributed by atoms with van der Waals surface area (Å²) in [7, 11) is 0. The lowest BCUT2D eigenvalue weighted by atomic mass is 10.2. The number of hydrogen-bond acceptors (Lipinski definition) is 7. The maximum atomic E-state index is 5.52. The zero-order valence-corrected chi connectivity index (χ0v) is 16.8. The molecule has 1 aliphatic heterocycles. The zero-order valence-electron chi connectivity index (χ0n) is 16.8. The van der Waals surface area contributed by atoms with Crippen LogP contribution in [0, 0.1) is 20.8 Å². The van der Waals surface area contributed by atoms with Crippen LogP contribution in [0.25, 0.3) is 16.8 Å². The van der Waals surface area contributed by atoms with Crippen molar-refractivity contribution in [3.05, 3.63) is 53.9 Å². The van der Waals surface area contributed by atoms with E-state index in [0.717, 1.165) is 71.8 Å². The summed E-state index contributed by atoms with van der Waals surface area (Å²) in [6.07, 6.45) is 3.53. The summed E-state index contributed by atoms with van der Waals surface area (Å²) in [5, 5.41) is 5.63. The first-order valence-electron chi connectivity index (χ1n) is 9.80. The van der Waals surface area contributed by atoms with Gasteiger partial charge in [0, 0.05) is 44.1 Å².